The van der Waals surface area contributed by atoms with E-state index in [-0.39, 0.29) is 16.2 Å². The Morgan fingerprint density at radius 1 is 1.50 bits per heavy atom. The minimum absolute atomic E-state index is 0.0521. The van der Waals surface area contributed by atoms with Crippen LogP contribution < -0.4 is 5.32 Å². The molecule has 1 aliphatic carbocycles. The maximum atomic E-state index is 12.0. The fourth-order valence-electron chi connectivity index (χ4n) is 2.15. The van der Waals surface area contributed by atoms with E-state index in [4.69, 9.17) is 10.7 Å². The first-order valence-corrected chi connectivity index (χ1v) is 8.81. The Morgan fingerprint density at radius 2 is 2.11 bits per heavy atom. The van der Waals surface area contributed by atoms with Crippen LogP contribution in [-0.2, 0) is 9.05 Å². The quantitative estimate of drug-likeness (QED) is 0.873. The van der Waals surface area contributed by atoms with Crippen molar-refractivity contribution in [1.82, 2.24) is 5.32 Å². The van der Waals surface area contributed by atoms with Crippen molar-refractivity contribution in [1.29, 1.82) is 0 Å². The van der Waals surface area contributed by atoms with E-state index in [0.29, 0.717) is 17.0 Å². The molecule has 2 rings (SSSR count). The zero-order valence-electron chi connectivity index (χ0n) is 10.1. The smallest absolute Gasteiger partial charge is 0.271 e. The van der Waals surface area contributed by atoms with E-state index >= 15 is 0 Å². The molecule has 1 aliphatic rings. The lowest BCUT2D eigenvalue weighted by Crippen LogP contribution is -2.43. The van der Waals surface area contributed by atoms with Gasteiger partial charge in [0.2, 0.25) is 0 Å². The first kappa shape index (κ1) is 13.8. The van der Waals surface area contributed by atoms with E-state index in [2.05, 4.69) is 12.2 Å². The van der Waals surface area contributed by atoms with Gasteiger partial charge in [-0.25, -0.2) is 8.42 Å². The topological polar surface area (TPSA) is 63.2 Å². The molecule has 18 heavy (non-hydrogen) atoms. The Morgan fingerprint density at radius 3 is 2.56 bits per heavy atom. The van der Waals surface area contributed by atoms with Crippen molar-refractivity contribution < 1.29 is 13.2 Å². The van der Waals surface area contributed by atoms with E-state index < -0.39 is 9.05 Å². The average Bonchev–Trinajstić information content (AvgIpc) is 2.57. The molecule has 7 heteroatoms. The summed E-state index contributed by atoms with van der Waals surface area (Å²) in [4.78, 5) is 12.0. The van der Waals surface area contributed by atoms with Gasteiger partial charge in [0.05, 0.1) is 5.56 Å². The Kier molecular flexibility index (Phi) is 3.71. The normalized spacial score (nSPS) is 23.5. The molecule has 100 valence electrons. The SMILES string of the molecule is Cc1c(C(=O)NC2CC(C)C2)csc1S(=O)(=O)Cl. The Bertz CT molecular complexity index is 573. The standard InChI is InChI=1S/C11H14ClNO3S2/c1-6-3-8(4-6)13-10(14)9-5-17-11(7(9)2)18(12,15)16/h5-6,8H,3-4H2,1-2H3,(H,13,14). The Hall–Kier alpha value is -0.590. The van der Waals surface area contributed by atoms with Crippen LogP contribution in [0.15, 0.2) is 9.59 Å². The highest BCUT2D eigenvalue weighted by atomic mass is 35.7. The van der Waals surface area contributed by atoms with Gasteiger partial charge in [0, 0.05) is 22.1 Å². The van der Waals surface area contributed by atoms with Crippen LogP contribution in [-0.4, -0.2) is 20.4 Å². The van der Waals surface area contributed by atoms with Crippen LogP contribution in [0.4, 0.5) is 0 Å². The summed E-state index contributed by atoms with van der Waals surface area (Å²) in [7, 11) is 1.53. The van der Waals surface area contributed by atoms with Crippen molar-refractivity contribution in [2.24, 2.45) is 5.92 Å². The van der Waals surface area contributed by atoms with E-state index in [1.165, 1.54) is 0 Å². The lowest BCUT2D eigenvalue weighted by Gasteiger charge is -2.33. The molecule has 0 radical (unpaired) electrons. The van der Waals surface area contributed by atoms with Gasteiger partial charge in [-0.3, -0.25) is 4.79 Å². The zero-order valence-corrected chi connectivity index (χ0v) is 12.5. The molecule has 0 atom stereocenters. The van der Waals surface area contributed by atoms with Crippen molar-refractivity contribution in [3.05, 3.63) is 16.5 Å². The summed E-state index contributed by atoms with van der Waals surface area (Å²) in [5, 5.41) is 4.44. The van der Waals surface area contributed by atoms with Crippen LogP contribution in [0.25, 0.3) is 0 Å². The van der Waals surface area contributed by atoms with Gasteiger partial charge in [0.15, 0.2) is 0 Å². The molecule has 4 nitrogen and oxygen atoms in total. The van der Waals surface area contributed by atoms with Gasteiger partial charge in [-0.05, 0) is 31.2 Å². The van der Waals surface area contributed by atoms with Crippen LogP contribution >= 0.6 is 22.0 Å². The second-order valence-corrected chi connectivity index (χ2v) is 8.39. The van der Waals surface area contributed by atoms with Crippen LogP contribution in [0.3, 0.4) is 0 Å². The molecule has 0 bridgehead atoms. The lowest BCUT2D eigenvalue weighted by molar-refractivity contribution is 0.0896. The number of amides is 1. The van der Waals surface area contributed by atoms with Crippen LogP contribution in [0.1, 0.15) is 35.7 Å². The first-order valence-electron chi connectivity index (χ1n) is 5.62. The van der Waals surface area contributed by atoms with Gasteiger partial charge < -0.3 is 5.32 Å². The van der Waals surface area contributed by atoms with Crippen molar-refractivity contribution in [3.63, 3.8) is 0 Å². The molecule has 1 amide bonds. The number of rotatable bonds is 3. The number of halogens is 1. The van der Waals surface area contributed by atoms with Gasteiger partial charge >= 0.3 is 0 Å². The summed E-state index contributed by atoms with van der Waals surface area (Å²) < 4.78 is 22.6. The summed E-state index contributed by atoms with van der Waals surface area (Å²) in [6, 6.07) is 0.211. The van der Waals surface area contributed by atoms with Crippen molar-refractivity contribution in [2.45, 2.75) is 36.9 Å². The molecule has 0 aromatic carbocycles. The number of nitrogens with one attached hydrogen (secondary N) is 1. The largest absolute Gasteiger partial charge is 0.349 e. The summed E-state index contributed by atoms with van der Waals surface area (Å²) >= 11 is 0.984. The summed E-state index contributed by atoms with van der Waals surface area (Å²) in [6.45, 7) is 3.74. The molecule has 0 unspecified atom stereocenters. The Balaban J connectivity index is 2.14. The van der Waals surface area contributed by atoms with Crippen LogP contribution in [0, 0.1) is 12.8 Å². The molecule has 1 fully saturated rings. The summed E-state index contributed by atoms with van der Waals surface area (Å²) in [5.41, 5.74) is 0.832. The van der Waals surface area contributed by atoms with E-state index in [9.17, 15) is 13.2 Å². The second-order valence-electron chi connectivity index (χ2n) is 4.75. The minimum Gasteiger partial charge on any atom is -0.349 e. The third-order valence-corrected chi connectivity index (χ3v) is 6.48. The van der Waals surface area contributed by atoms with Gasteiger partial charge in [0.25, 0.3) is 15.0 Å². The predicted molar refractivity (Wildman–Crippen MR) is 71.7 cm³/mol. The molecular formula is C11H14ClNO3S2. The number of hydrogen-bond acceptors (Lipinski definition) is 4. The fraction of sp³-hybridized carbons (Fsp3) is 0.545. The maximum absolute atomic E-state index is 12.0. The summed E-state index contributed by atoms with van der Waals surface area (Å²) in [6.07, 6.45) is 1.96. The summed E-state index contributed by atoms with van der Waals surface area (Å²) in [5.74, 6) is 0.435. The molecule has 0 saturated heterocycles. The lowest BCUT2D eigenvalue weighted by atomic mass is 9.82. The van der Waals surface area contributed by atoms with Gasteiger partial charge in [-0.15, -0.1) is 11.3 Å². The van der Waals surface area contributed by atoms with Crippen molar-refractivity contribution >= 4 is 37.0 Å². The molecule has 1 aromatic rings. The molecule has 0 aliphatic heterocycles. The van der Waals surface area contributed by atoms with Crippen molar-refractivity contribution in [3.8, 4) is 0 Å². The number of thiophene rings is 1. The van der Waals surface area contributed by atoms with Crippen LogP contribution in [0.5, 0.6) is 0 Å². The number of hydrogen-bond donors (Lipinski definition) is 1. The highest BCUT2D eigenvalue weighted by Gasteiger charge is 2.28. The molecule has 0 spiro atoms. The Labute approximate surface area is 115 Å². The van der Waals surface area contributed by atoms with Gasteiger partial charge in [0.1, 0.15) is 4.21 Å². The average molecular weight is 308 g/mol. The monoisotopic (exact) mass is 307 g/mol. The first-order chi connectivity index (χ1) is 8.29. The molecular weight excluding hydrogens is 294 g/mol. The van der Waals surface area contributed by atoms with Crippen LogP contribution in [0.2, 0.25) is 0 Å². The molecule has 1 N–H and O–H groups in total. The molecule has 1 aromatic heterocycles. The second kappa shape index (κ2) is 4.83. The fourth-order valence-corrected chi connectivity index (χ4v) is 4.70. The third kappa shape index (κ3) is 2.70. The maximum Gasteiger partial charge on any atom is 0.271 e. The highest BCUT2D eigenvalue weighted by Crippen LogP contribution is 2.30. The van der Waals surface area contributed by atoms with E-state index in [0.717, 1.165) is 24.2 Å². The predicted octanol–water partition coefficient (Wildman–Crippen LogP) is 2.51. The molecule has 1 heterocycles. The van der Waals surface area contributed by atoms with E-state index in [1.807, 2.05) is 0 Å². The number of carbonyl (C=O) groups is 1. The van der Waals surface area contributed by atoms with E-state index in [1.54, 1.807) is 12.3 Å². The van der Waals surface area contributed by atoms with Gasteiger partial charge in [-0.2, -0.15) is 0 Å². The van der Waals surface area contributed by atoms with Gasteiger partial charge in [-0.1, -0.05) is 6.92 Å². The third-order valence-electron chi connectivity index (χ3n) is 3.17. The zero-order chi connectivity index (χ0) is 13.5. The highest BCUT2D eigenvalue weighted by molar-refractivity contribution is 8.15. The molecule has 1 saturated carbocycles. The van der Waals surface area contributed by atoms with Crippen molar-refractivity contribution in [2.75, 3.05) is 0 Å². The number of carbonyl (C=O) groups excluding carboxylic acids is 1. The minimum atomic E-state index is -3.76.